The number of carbonyl (C=O) groups is 1. The summed E-state index contributed by atoms with van der Waals surface area (Å²) in [6.07, 6.45) is 1.82. The molecule has 3 nitrogen and oxygen atoms in total. The van der Waals surface area contributed by atoms with Crippen molar-refractivity contribution < 1.29 is 4.79 Å². The number of thiophene rings is 1. The van der Waals surface area contributed by atoms with Crippen LogP contribution in [-0.2, 0) is 0 Å². The summed E-state index contributed by atoms with van der Waals surface area (Å²) >= 11 is 4.87. The number of hydrogen-bond donors (Lipinski definition) is 1. The van der Waals surface area contributed by atoms with Crippen LogP contribution in [0, 0.1) is 0 Å². The van der Waals surface area contributed by atoms with Crippen molar-refractivity contribution in [2.45, 2.75) is 18.9 Å². The lowest BCUT2D eigenvalue weighted by Gasteiger charge is -2.29. The fourth-order valence-corrected chi connectivity index (χ4v) is 3.20. The van der Waals surface area contributed by atoms with Crippen LogP contribution in [0.2, 0.25) is 0 Å². The van der Waals surface area contributed by atoms with Crippen LogP contribution in [0.15, 0.2) is 15.9 Å². The first-order valence-corrected chi connectivity index (χ1v) is 6.63. The maximum absolute atomic E-state index is 12.1. The van der Waals surface area contributed by atoms with Crippen molar-refractivity contribution in [1.29, 1.82) is 0 Å². The van der Waals surface area contributed by atoms with Crippen LogP contribution in [0.1, 0.15) is 22.5 Å². The van der Waals surface area contributed by atoms with Crippen molar-refractivity contribution in [3.05, 3.63) is 20.8 Å². The van der Waals surface area contributed by atoms with Gasteiger partial charge >= 0.3 is 0 Å². The van der Waals surface area contributed by atoms with E-state index in [-0.39, 0.29) is 24.4 Å². The zero-order chi connectivity index (χ0) is 10.8. The molecule has 1 saturated heterocycles. The van der Waals surface area contributed by atoms with E-state index >= 15 is 0 Å². The molecule has 1 amide bonds. The molecule has 0 spiro atoms. The highest BCUT2D eigenvalue weighted by molar-refractivity contribution is 9.10. The molecule has 1 aliphatic rings. The fourth-order valence-electron chi connectivity index (χ4n) is 1.69. The topological polar surface area (TPSA) is 46.3 Å². The van der Waals surface area contributed by atoms with E-state index in [1.54, 1.807) is 0 Å². The van der Waals surface area contributed by atoms with Crippen molar-refractivity contribution in [2.75, 3.05) is 13.1 Å². The number of halogens is 2. The number of likely N-dealkylation sites (tertiary alicyclic amines) is 1. The molecule has 1 fully saturated rings. The Kier molecular flexibility index (Phi) is 5.24. The third kappa shape index (κ3) is 2.97. The number of nitrogens with two attached hydrogens (primary N) is 1. The van der Waals surface area contributed by atoms with Crippen molar-refractivity contribution in [2.24, 2.45) is 5.73 Å². The summed E-state index contributed by atoms with van der Waals surface area (Å²) < 4.78 is 0.896. The minimum absolute atomic E-state index is 0. The normalized spacial score (nSPS) is 17.0. The van der Waals surface area contributed by atoms with Crippen LogP contribution in [-0.4, -0.2) is 29.9 Å². The first kappa shape index (κ1) is 14.0. The number of hydrogen-bond acceptors (Lipinski definition) is 3. The van der Waals surface area contributed by atoms with Crippen LogP contribution >= 0.6 is 39.7 Å². The number of amides is 1. The SMILES string of the molecule is Cl.NC1CCN(C(=O)c2sccc2Br)CC1. The van der Waals surface area contributed by atoms with Gasteiger partial charge in [-0.05, 0) is 40.2 Å². The van der Waals surface area contributed by atoms with E-state index in [1.807, 2.05) is 16.3 Å². The van der Waals surface area contributed by atoms with E-state index in [0.29, 0.717) is 0 Å². The molecule has 0 unspecified atom stereocenters. The van der Waals surface area contributed by atoms with Crippen molar-refractivity contribution in [3.8, 4) is 0 Å². The first-order chi connectivity index (χ1) is 7.18. The monoisotopic (exact) mass is 324 g/mol. The molecular weight excluding hydrogens is 312 g/mol. The van der Waals surface area contributed by atoms with Crippen molar-refractivity contribution in [3.63, 3.8) is 0 Å². The third-order valence-corrected chi connectivity index (χ3v) is 4.46. The molecule has 1 aliphatic heterocycles. The smallest absolute Gasteiger partial charge is 0.265 e. The predicted molar refractivity (Wildman–Crippen MR) is 72.4 cm³/mol. The zero-order valence-electron chi connectivity index (χ0n) is 8.69. The molecule has 2 heterocycles. The molecule has 0 atom stereocenters. The summed E-state index contributed by atoms with van der Waals surface area (Å²) in [6, 6.07) is 2.17. The Morgan fingerprint density at radius 1 is 1.50 bits per heavy atom. The molecule has 6 heteroatoms. The molecule has 0 aromatic carbocycles. The maximum Gasteiger partial charge on any atom is 0.265 e. The minimum Gasteiger partial charge on any atom is -0.338 e. The maximum atomic E-state index is 12.1. The number of piperidine rings is 1. The highest BCUT2D eigenvalue weighted by Crippen LogP contribution is 2.25. The summed E-state index contributed by atoms with van der Waals surface area (Å²) in [5.74, 6) is 0.128. The summed E-state index contributed by atoms with van der Waals surface area (Å²) in [5, 5.41) is 1.92. The third-order valence-electron chi connectivity index (χ3n) is 2.64. The highest BCUT2D eigenvalue weighted by Gasteiger charge is 2.23. The number of nitrogens with zero attached hydrogens (tertiary/aromatic N) is 1. The Labute approximate surface area is 114 Å². The van der Waals surface area contributed by atoms with Gasteiger partial charge in [0.05, 0.1) is 0 Å². The summed E-state index contributed by atoms with van der Waals surface area (Å²) in [6.45, 7) is 1.56. The van der Waals surface area contributed by atoms with Crippen LogP contribution < -0.4 is 5.73 Å². The Morgan fingerprint density at radius 3 is 2.62 bits per heavy atom. The van der Waals surface area contributed by atoms with Gasteiger partial charge in [0, 0.05) is 23.6 Å². The second-order valence-electron chi connectivity index (χ2n) is 3.73. The highest BCUT2D eigenvalue weighted by atomic mass is 79.9. The Balaban J connectivity index is 0.00000128. The first-order valence-electron chi connectivity index (χ1n) is 4.96. The van der Waals surface area contributed by atoms with Gasteiger partial charge < -0.3 is 10.6 Å². The van der Waals surface area contributed by atoms with Crippen LogP contribution in [0.5, 0.6) is 0 Å². The standard InChI is InChI=1S/C10H13BrN2OS.ClH/c11-8-3-6-15-9(8)10(14)13-4-1-7(12)2-5-13;/h3,6-7H,1-2,4-5,12H2;1H. The lowest BCUT2D eigenvalue weighted by molar-refractivity contribution is 0.0719. The quantitative estimate of drug-likeness (QED) is 0.862. The summed E-state index contributed by atoms with van der Waals surface area (Å²) in [7, 11) is 0. The van der Waals surface area contributed by atoms with Gasteiger partial charge in [0.2, 0.25) is 0 Å². The number of carbonyl (C=O) groups excluding carboxylic acids is 1. The van der Waals surface area contributed by atoms with E-state index in [4.69, 9.17) is 5.73 Å². The van der Waals surface area contributed by atoms with Crippen LogP contribution in [0.25, 0.3) is 0 Å². The molecule has 0 bridgehead atoms. The Bertz CT molecular complexity index is 363. The molecule has 1 aromatic heterocycles. The fraction of sp³-hybridized carbons (Fsp3) is 0.500. The molecule has 2 N–H and O–H groups in total. The second kappa shape index (κ2) is 6.00. The molecule has 0 aliphatic carbocycles. The van der Waals surface area contributed by atoms with Crippen molar-refractivity contribution >= 4 is 45.6 Å². The van der Waals surface area contributed by atoms with E-state index < -0.39 is 0 Å². The minimum atomic E-state index is 0. The van der Waals surface area contributed by atoms with Gasteiger partial charge in [-0.25, -0.2) is 0 Å². The Hall–Kier alpha value is -0.100. The van der Waals surface area contributed by atoms with Gasteiger partial charge in [-0.1, -0.05) is 0 Å². The molecule has 2 rings (SSSR count). The lowest BCUT2D eigenvalue weighted by atomic mass is 10.1. The van der Waals surface area contributed by atoms with E-state index in [0.717, 1.165) is 35.3 Å². The van der Waals surface area contributed by atoms with Gasteiger partial charge in [-0.15, -0.1) is 23.7 Å². The average molecular weight is 326 g/mol. The Morgan fingerprint density at radius 2 is 2.12 bits per heavy atom. The van der Waals surface area contributed by atoms with Crippen LogP contribution in [0.3, 0.4) is 0 Å². The van der Waals surface area contributed by atoms with Gasteiger partial charge in [0.15, 0.2) is 0 Å². The summed E-state index contributed by atoms with van der Waals surface area (Å²) in [5.41, 5.74) is 5.80. The van der Waals surface area contributed by atoms with Crippen LogP contribution in [0.4, 0.5) is 0 Å². The molecule has 16 heavy (non-hydrogen) atoms. The largest absolute Gasteiger partial charge is 0.338 e. The molecule has 90 valence electrons. The predicted octanol–water partition coefficient (Wildman–Crippen LogP) is 2.50. The molecular formula is C10H14BrClN2OS. The van der Waals surface area contributed by atoms with Gasteiger partial charge in [-0.3, -0.25) is 4.79 Å². The van der Waals surface area contributed by atoms with E-state index in [2.05, 4.69) is 15.9 Å². The number of rotatable bonds is 1. The lowest BCUT2D eigenvalue weighted by Crippen LogP contribution is -2.42. The molecule has 0 saturated carbocycles. The zero-order valence-corrected chi connectivity index (χ0v) is 11.9. The van der Waals surface area contributed by atoms with Gasteiger partial charge in [-0.2, -0.15) is 0 Å². The molecule has 1 aromatic rings. The van der Waals surface area contributed by atoms with Crippen molar-refractivity contribution in [1.82, 2.24) is 4.90 Å². The second-order valence-corrected chi connectivity index (χ2v) is 5.50. The average Bonchev–Trinajstić information content (AvgIpc) is 2.65. The van der Waals surface area contributed by atoms with Gasteiger partial charge in [0.1, 0.15) is 4.88 Å². The van der Waals surface area contributed by atoms with Gasteiger partial charge in [0.25, 0.3) is 5.91 Å². The van der Waals surface area contributed by atoms with E-state index in [9.17, 15) is 4.79 Å². The molecule has 0 radical (unpaired) electrons. The van der Waals surface area contributed by atoms with E-state index in [1.165, 1.54) is 11.3 Å². The summed E-state index contributed by atoms with van der Waals surface area (Å²) in [4.78, 5) is 14.7.